The van der Waals surface area contributed by atoms with Gasteiger partial charge >= 0.3 is 0 Å². The summed E-state index contributed by atoms with van der Waals surface area (Å²) in [7, 11) is 0. The average Bonchev–Trinajstić information content (AvgIpc) is 2.66. The van der Waals surface area contributed by atoms with E-state index in [2.05, 4.69) is 13.8 Å². The molecule has 1 saturated heterocycles. The summed E-state index contributed by atoms with van der Waals surface area (Å²) in [6, 6.07) is 0. The fraction of sp³-hybridized carbons (Fsp3) is 1.00. The highest BCUT2D eigenvalue weighted by Gasteiger charge is 2.26. The van der Waals surface area contributed by atoms with E-state index in [0.717, 1.165) is 25.9 Å². The molecular weight excluding hydrogens is 148 g/mol. The zero-order valence-electron chi connectivity index (χ0n) is 6.69. The van der Waals surface area contributed by atoms with Gasteiger partial charge in [0.1, 0.15) is 0 Å². The van der Waals surface area contributed by atoms with Crippen LogP contribution in [0.1, 0.15) is 33.1 Å². The van der Waals surface area contributed by atoms with Gasteiger partial charge in [-0.05, 0) is 26.2 Å². The summed E-state index contributed by atoms with van der Waals surface area (Å²) in [4.78, 5) is 0.00590. The van der Waals surface area contributed by atoms with Crippen LogP contribution in [0.15, 0.2) is 0 Å². The largest absolute Gasteiger partial charge is 0.373 e. The third-order valence-corrected chi connectivity index (χ3v) is 2.58. The molecule has 2 heteroatoms. The summed E-state index contributed by atoms with van der Waals surface area (Å²) in [5.41, 5.74) is 0. The van der Waals surface area contributed by atoms with Crippen molar-refractivity contribution in [3.63, 3.8) is 0 Å². The number of halogens is 1. The van der Waals surface area contributed by atoms with Crippen molar-refractivity contribution in [2.45, 2.75) is 44.1 Å². The lowest BCUT2D eigenvalue weighted by molar-refractivity contribution is 0.377. The standard InChI is InChI=1S/C8H15ClO/c1-3-8(2,9)5-4-7-6-10-7/h7H,3-6H2,1-2H3. The highest BCUT2D eigenvalue weighted by Crippen LogP contribution is 2.28. The highest BCUT2D eigenvalue weighted by molar-refractivity contribution is 6.23. The van der Waals surface area contributed by atoms with Gasteiger partial charge in [-0.25, -0.2) is 0 Å². The minimum absolute atomic E-state index is 0.00590. The second-order valence-electron chi connectivity index (χ2n) is 3.26. The Hall–Kier alpha value is 0.250. The van der Waals surface area contributed by atoms with Gasteiger partial charge in [0.05, 0.1) is 12.7 Å². The van der Waals surface area contributed by atoms with E-state index in [1.54, 1.807) is 0 Å². The van der Waals surface area contributed by atoms with Crippen LogP contribution in [0, 0.1) is 0 Å². The molecule has 10 heavy (non-hydrogen) atoms. The van der Waals surface area contributed by atoms with Crippen molar-refractivity contribution in [3.05, 3.63) is 0 Å². The maximum absolute atomic E-state index is 6.14. The maximum atomic E-state index is 6.14. The minimum Gasteiger partial charge on any atom is -0.373 e. The molecule has 1 fully saturated rings. The molecule has 0 N–H and O–H groups in total. The van der Waals surface area contributed by atoms with E-state index in [9.17, 15) is 0 Å². The first-order valence-electron chi connectivity index (χ1n) is 3.94. The normalized spacial score (nSPS) is 29.7. The number of ether oxygens (including phenoxy) is 1. The van der Waals surface area contributed by atoms with Gasteiger partial charge in [0.15, 0.2) is 0 Å². The van der Waals surface area contributed by atoms with Crippen LogP contribution in [0.3, 0.4) is 0 Å². The van der Waals surface area contributed by atoms with Crippen LogP contribution >= 0.6 is 11.6 Å². The summed E-state index contributed by atoms with van der Waals surface area (Å²) in [5.74, 6) is 0. The quantitative estimate of drug-likeness (QED) is 0.457. The number of alkyl halides is 1. The second kappa shape index (κ2) is 3.10. The van der Waals surface area contributed by atoms with Crippen molar-refractivity contribution < 1.29 is 4.74 Å². The lowest BCUT2D eigenvalue weighted by Gasteiger charge is -2.18. The van der Waals surface area contributed by atoms with E-state index in [0.29, 0.717) is 6.10 Å². The van der Waals surface area contributed by atoms with Gasteiger partial charge in [-0.3, -0.25) is 0 Å². The van der Waals surface area contributed by atoms with Gasteiger partial charge in [-0.15, -0.1) is 11.6 Å². The molecule has 2 unspecified atom stereocenters. The smallest absolute Gasteiger partial charge is 0.0810 e. The first kappa shape index (κ1) is 8.35. The topological polar surface area (TPSA) is 12.5 Å². The molecule has 0 aliphatic carbocycles. The summed E-state index contributed by atoms with van der Waals surface area (Å²) >= 11 is 6.14. The summed E-state index contributed by atoms with van der Waals surface area (Å²) < 4.78 is 5.09. The predicted molar refractivity (Wildman–Crippen MR) is 43.5 cm³/mol. The Balaban J connectivity index is 2.09. The average molecular weight is 163 g/mol. The van der Waals surface area contributed by atoms with Crippen LogP contribution in [0.2, 0.25) is 0 Å². The van der Waals surface area contributed by atoms with Crippen molar-refractivity contribution in [1.29, 1.82) is 0 Å². The van der Waals surface area contributed by atoms with E-state index in [4.69, 9.17) is 16.3 Å². The van der Waals surface area contributed by atoms with Crippen LogP contribution in [0.5, 0.6) is 0 Å². The van der Waals surface area contributed by atoms with Gasteiger partial charge in [-0.1, -0.05) is 6.92 Å². The number of hydrogen-bond donors (Lipinski definition) is 0. The zero-order valence-corrected chi connectivity index (χ0v) is 7.45. The Kier molecular flexibility index (Phi) is 2.59. The van der Waals surface area contributed by atoms with E-state index < -0.39 is 0 Å². The molecule has 0 aromatic rings. The van der Waals surface area contributed by atoms with Gasteiger partial charge in [0.2, 0.25) is 0 Å². The van der Waals surface area contributed by atoms with E-state index >= 15 is 0 Å². The summed E-state index contributed by atoms with van der Waals surface area (Å²) in [6.45, 7) is 5.17. The fourth-order valence-electron chi connectivity index (χ4n) is 0.873. The van der Waals surface area contributed by atoms with Gasteiger partial charge in [-0.2, -0.15) is 0 Å². The minimum atomic E-state index is 0.00590. The molecule has 1 aliphatic rings. The SMILES string of the molecule is CCC(C)(Cl)CCC1CO1. The van der Waals surface area contributed by atoms with Crippen molar-refractivity contribution in [2.24, 2.45) is 0 Å². The van der Waals surface area contributed by atoms with Crippen LogP contribution < -0.4 is 0 Å². The Bertz CT molecular complexity index is 108. The summed E-state index contributed by atoms with van der Waals surface area (Å²) in [6.07, 6.45) is 3.79. The van der Waals surface area contributed by atoms with Gasteiger partial charge in [0, 0.05) is 4.87 Å². The van der Waals surface area contributed by atoms with Crippen LogP contribution in [0.25, 0.3) is 0 Å². The first-order chi connectivity index (χ1) is 4.64. The molecule has 0 aromatic carbocycles. The molecule has 0 spiro atoms. The predicted octanol–water partition coefficient (Wildman–Crippen LogP) is 2.57. The highest BCUT2D eigenvalue weighted by atomic mass is 35.5. The van der Waals surface area contributed by atoms with Crippen molar-refractivity contribution in [3.8, 4) is 0 Å². The molecule has 0 aromatic heterocycles. The van der Waals surface area contributed by atoms with Crippen LogP contribution in [0.4, 0.5) is 0 Å². The van der Waals surface area contributed by atoms with Crippen LogP contribution in [-0.2, 0) is 4.74 Å². The fourth-order valence-corrected chi connectivity index (χ4v) is 0.983. The molecule has 1 nitrogen and oxygen atoms in total. The Labute approximate surface area is 67.7 Å². The molecule has 1 rings (SSSR count). The van der Waals surface area contributed by atoms with Crippen molar-refractivity contribution in [2.75, 3.05) is 6.61 Å². The maximum Gasteiger partial charge on any atom is 0.0810 e. The van der Waals surface area contributed by atoms with E-state index in [1.165, 1.54) is 0 Å². The molecule has 1 aliphatic heterocycles. The van der Waals surface area contributed by atoms with Crippen molar-refractivity contribution >= 4 is 11.6 Å². The van der Waals surface area contributed by atoms with E-state index in [-0.39, 0.29) is 4.87 Å². The lowest BCUT2D eigenvalue weighted by Crippen LogP contribution is -2.15. The number of rotatable bonds is 4. The third-order valence-electron chi connectivity index (χ3n) is 2.13. The van der Waals surface area contributed by atoms with Gasteiger partial charge < -0.3 is 4.74 Å². The van der Waals surface area contributed by atoms with Gasteiger partial charge in [0.25, 0.3) is 0 Å². The molecule has 1 heterocycles. The molecule has 0 bridgehead atoms. The third kappa shape index (κ3) is 2.89. The molecule has 60 valence electrons. The van der Waals surface area contributed by atoms with Crippen LogP contribution in [-0.4, -0.2) is 17.6 Å². The molecular formula is C8H15ClO. The van der Waals surface area contributed by atoms with Crippen molar-refractivity contribution in [1.82, 2.24) is 0 Å². The zero-order chi connectivity index (χ0) is 7.61. The lowest BCUT2D eigenvalue weighted by atomic mass is 10.0. The molecule has 0 radical (unpaired) electrons. The Morgan fingerprint density at radius 3 is 2.70 bits per heavy atom. The Morgan fingerprint density at radius 1 is 1.70 bits per heavy atom. The second-order valence-corrected chi connectivity index (χ2v) is 4.17. The first-order valence-corrected chi connectivity index (χ1v) is 4.32. The number of hydrogen-bond acceptors (Lipinski definition) is 1. The Morgan fingerprint density at radius 2 is 2.30 bits per heavy atom. The molecule has 0 saturated carbocycles. The monoisotopic (exact) mass is 162 g/mol. The number of epoxide rings is 1. The molecule has 0 amide bonds. The summed E-state index contributed by atoms with van der Waals surface area (Å²) in [5, 5.41) is 0. The molecule has 2 atom stereocenters. The van der Waals surface area contributed by atoms with E-state index in [1.807, 2.05) is 0 Å².